The fraction of sp³-hybridized carbons (Fsp3) is 0.389. The molecule has 1 heteroatoms. The monoisotopic (exact) mass is 253 g/mol. The van der Waals surface area contributed by atoms with Crippen LogP contribution in [0.5, 0.6) is 0 Å². The molecular formula is C18H23N. The van der Waals surface area contributed by atoms with E-state index in [2.05, 4.69) is 63.2 Å². The van der Waals surface area contributed by atoms with Crippen molar-refractivity contribution in [2.75, 3.05) is 0 Å². The number of aromatic nitrogens is 1. The van der Waals surface area contributed by atoms with Gasteiger partial charge in [-0.3, -0.25) is 4.98 Å². The highest BCUT2D eigenvalue weighted by Crippen LogP contribution is 2.21. The van der Waals surface area contributed by atoms with Gasteiger partial charge in [-0.05, 0) is 36.5 Å². The molecule has 0 fully saturated rings. The fourth-order valence-electron chi connectivity index (χ4n) is 2.16. The maximum Gasteiger partial charge on any atom is 0.0705 e. The van der Waals surface area contributed by atoms with Crippen LogP contribution in [-0.4, -0.2) is 4.98 Å². The number of benzene rings is 1. The summed E-state index contributed by atoms with van der Waals surface area (Å²) in [5, 5.41) is 0. The van der Waals surface area contributed by atoms with Gasteiger partial charge in [-0.2, -0.15) is 0 Å². The minimum atomic E-state index is 0.476. The predicted octanol–water partition coefficient (Wildman–Crippen LogP) is 5.21. The second-order valence-electron chi connectivity index (χ2n) is 5.40. The van der Waals surface area contributed by atoms with Gasteiger partial charge in [0.15, 0.2) is 0 Å². The Bertz CT molecular complexity index is 511. The zero-order chi connectivity index (χ0) is 13.7. The van der Waals surface area contributed by atoms with Gasteiger partial charge in [0.2, 0.25) is 0 Å². The SMILES string of the molecule is CCCCc1ccc(-c2cccc(C(C)C)n2)cc1. The Balaban J connectivity index is 2.19. The van der Waals surface area contributed by atoms with Gasteiger partial charge >= 0.3 is 0 Å². The number of pyridine rings is 1. The molecule has 0 aliphatic heterocycles. The quantitative estimate of drug-likeness (QED) is 0.712. The van der Waals surface area contributed by atoms with Gasteiger partial charge in [0.25, 0.3) is 0 Å². The third-order valence-corrected chi connectivity index (χ3v) is 3.43. The lowest BCUT2D eigenvalue weighted by Gasteiger charge is -2.08. The summed E-state index contributed by atoms with van der Waals surface area (Å²) in [6.45, 7) is 6.59. The second kappa shape index (κ2) is 6.51. The van der Waals surface area contributed by atoms with Gasteiger partial charge in [-0.15, -0.1) is 0 Å². The van der Waals surface area contributed by atoms with Gasteiger partial charge in [0.1, 0.15) is 0 Å². The van der Waals surface area contributed by atoms with Crippen molar-refractivity contribution in [3.63, 3.8) is 0 Å². The molecule has 1 aromatic heterocycles. The van der Waals surface area contributed by atoms with Crippen LogP contribution >= 0.6 is 0 Å². The summed E-state index contributed by atoms with van der Waals surface area (Å²) in [5.41, 5.74) is 4.87. The van der Waals surface area contributed by atoms with Crippen molar-refractivity contribution >= 4 is 0 Å². The lowest BCUT2D eigenvalue weighted by molar-refractivity contribution is 0.795. The van der Waals surface area contributed by atoms with Crippen LogP contribution in [0.1, 0.15) is 50.8 Å². The maximum absolute atomic E-state index is 4.73. The normalized spacial score (nSPS) is 10.9. The van der Waals surface area contributed by atoms with Crippen molar-refractivity contribution in [1.82, 2.24) is 4.98 Å². The Kier molecular flexibility index (Phi) is 4.73. The minimum absolute atomic E-state index is 0.476. The number of rotatable bonds is 5. The molecular weight excluding hydrogens is 230 g/mol. The topological polar surface area (TPSA) is 12.9 Å². The van der Waals surface area contributed by atoms with Crippen LogP contribution in [0.4, 0.5) is 0 Å². The fourth-order valence-corrected chi connectivity index (χ4v) is 2.16. The average molecular weight is 253 g/mol. The van der Waals surface area contributed by atoms with E-state index in [1.807, 2.05) is 0 Å². The highest BCUT2D eigenvalue weighted by Gasteiger charge is 2.04. The third kappa shape index (κ3) is 3.66. The summed E-state index contributed by atoms with van der Waals surface area (Å²) in [6, 6.07) is 15.1. The highest BCUT2D eigenvalue weighted by molar-refractivity contribution is 5.59. The first-order chi connectivity index (χ1) is 9.20. The molecule has 1 heterocycles. The Morgan fingerprint density at radius 2 is 1.74 bits per heavy atom. The van der Waals surface area contributed by atoms with Crippen molar-refractivity contribution < 1.29 is 0 Å². The lowest BCUT2D eigenvalue weighted by atomic mass is 10.0. The van der Waals surface area contributed by atoms with E-state index in [9.17, 15) is 0 Å². The second-order valence-corrected chi connectivity index (χ2v) is 5.40. The molecule has 100 valence electrons. The van der Waals surface area contributed by atoms with E-state index >= 15 is 0 Å². The Hall–Kier alpha value is -1.63. The van der Waals surface area contributed by atoms with Crippen molar-refractivity contribution in [3.8, 4) is 11.3 Å². The summed E-state index contributed by atoms with van der Waals surface area (Å²) in [5.74, 6) is 0.476. The maximum atomic E-state index is 4.73. The molecule has 0 radical (unpaired) electrons. The molecule has 0 bridgehead atoms. The first-order valence-corrected chi connectivity index (χ1v) is 7.27. The highest BCUT2D eigenvalue weighted by atomic mass is 14.7. The van der Waals surface area contributed by atoms with E-state index in [1.54, 1.807) is 0 Å². The van der Waals surface area contributed by atoms with E-state index in [4.69, 9.17) is 4.98 Å². The van der Waals surface area contributed by atoms with Gasteiger partial charge in [0.05, 0.1) is 5.69 Å². The molecule has 0 N–H and O–H groups in total. The van der Waals surface area contributed by atoms with E-state index in [0.717, 1.165) is 11.4 Å². The molecule has 2 rings (SSSR count). The summed E-state index contributed by atoms with van der Waals surface area (Å²) >= 11 is 0. The van der Waals surface area contributed by atoms with Crippen LogP contribution in [0, 0.1) is 0 Å². The van der Waals surface area contributed by atoms with Gasteiger partial charge in [-0.25, -0.2) is 0 Å². The Labute approximate surface area is 116 Å². The summed E-state index contributed by atoms with van der Waals surface area (Å²) in [7, 11) is 0. The molecule has 2 aromatic rings. The van der Waals surface area contributed by atoms with Crippen molar-refractivity contribution in [3.05, 3.63) is 53.7 Å². The third-order valence-electron chi connectivity index (χ3n) is 3.43. The Morgan fingerprint density at radius 3 is 2.37 bits per heavy atom. The number of unbranched alkanes of at least 4 members (excludes halogenated alkanes) is 1. The largest absolute Gasteiger partial charge is 0.253 e. The average Bonchev–Trinajstić information content (AvgIpc) is 2.46. The zero-order valence-electron chi connectivity index (χ0n) is 12.2. The van der Waals surface area contributed by atoms with Gasteiger partial charge in [0, 0.05) is 11.3 Å². The molecule has 0 saturated heterocycles. The van der Waals surface area contributed by atoms with Crippen LogP contribution in [0.3, 0.4) is 0 Å². The number of aryl methyl sites for hydroxylation is 1. The molecule has 1 aromatic carbocycles. The number of hydrogen-bond donors (Lipinski definition) is 0. The summed E-state index contributed by atoms with van der Waals surface area (Å²) < 4.78 is 0. The molecule has 0 spiro atoms. The molecule has 0 aliphatic carbocycles. The van der Waals surface area contributed by atoms with Crippen molar-refractivity contribution in [2.45, 2.75) is 46.0 Å². The van der Waals surface area contributed by atoms with Crippen LogP contribution in [-0.2, 0) is 6.42 Å². The van der Waals surface area contributed by atoms with Crippen LogP contribution in [0.25, 0.3) is 11.3 Å². The predicted molar refractivity (Wildman–Crippen MR) is 82.4 cm³/mol. The van der Waals surface area contributed by atoms with Gasteiger partial charge < -0.3 is 0 Å². The number of hydrogen-bond acceptors (Lipinski definition) is 1. The van der Waals surface area contributed by atoms with Gasteiger partial charge in [-0.1, -0.05) is 57.5 Å². The molecule has 0 amide bonds. The zero-order valence-corrected chi connectivity index (χ0v) is 12.2. The molecule has 0 aliphatic rings. The van der Waals surface area contributed by atoms with Crippen LogP contribution < -0.4 is 0 Å². The molecule has 1 nitrogen and oxygen atoms in total. The van der Waals surface area contributed by atoms with Crippen molar-refractivity contribution in [1.29, 1.82) is 0 Å². The first-order valence-electron chi connectivity index (χ1n) is 7.27. The Morgan fingerprint density at radius 1 is 1.00 bits per heavy atom. The molecule has 0 unspecified atom stereocenters. The summed E-state index contributed by atoms with van der Waals surface area (Å²) in [6.07, 6.45) is 3.69. The lowest BCUT2D eigenvalue weighted by Crippen LogP contribution is -1.94. The van der Waals surface area contributed by atoms with E-state index < -0.39 is 0 Å². The minimum Gasteiger partial charge on any atom is -0.253 e. The van der Waals surface area contributed by atoms with E-state index in [0.29, 0.717) is 5.92 Å². The smallest absolute Gasteiger partial charge is 0.0705 e. The van der Waals surface area contributed by atoms with E-state index in [-0.39, 0.29) is 0 Å². The molecule has 0 saturated carbocycles. The molecule has 19 heavy (non-hydrogen) atoms. The first kappa shape index (κ1) is 13.8. The standard InChI is InChI=1S/C18H23N/c1-4-5-7-15-10-12-16(13-11-15)18-9-6-8-17(19-18)14(2)3/h6,8-14H,4-5,7H2,1-3H3. The van der Waals surface area contributed by atoms with Crippen LogP contribution in [0.15, 0.2) is 42.5 Å². The molecule has 0 atom stereocenters. The van der Waals surface area contributed by atoms with Crippen LogP contribution in [0.2, 0.25) is 0 Å². The summed E-state index contributed by atoms with van der Waals surface area (Å²) in [4.78, 5) is 4.73. The number of nitrogens with zero attached hydrogens (tertiary/aromatic N) is 1. The van der Waals surface area contributed by atoms with E-state index in [1.165, 1.54) is 30.4 Å². The van der Waals surface area contributed by atoms with Crippen molar-refractivity contribution in [2.24, 2.45) is 0 Å².